The first kappa shape index (κ1) is 13.9. The van der Waals surface area contributed by atoms with Crippen molar-refractivity contribution in [2.24, 2.45) is 5.92 Å². The third-order valence-corrected chi connectivity index (χ3v) is 3.85. The maximum atomic E-state index is 5.31. The van der Waals surface area contributed by atoms with Crippen LogP contribution in [0.2, 0.25) is 0 Å². The highest BCUT2D eigenvalue weighted by molar-refractivity contribution is 4.80. The Hall–Kier alpha value is -0.120. The predicted molar refractivity (Wildman–Crippen MR) is 68.8 cm³/mol. The van der Waals surface area contributed by atoms with Gasteiger partial charge >= 0.3 is 0 Å². The van der Waals surface area contributed by atoms with Gasteiger partial charge in [-0.05, 0) is 53.1 Å². The first-order valence-corrected chi connectivity index (χ1v) is 6.54. The number of nitrogens with one attached hydrogen (secondary N) is 1. The topological polar surface area (TPSA) is 24.5 Å². The predicted octanol–water partition coefficient (Wildman–Crippen LogP) is 1.73. The molecule has 0 spiro atoms. The minimum absolute atomic E-state index is 0.294. The van der Waals surface area contributed by atoms with Gasteiger partial charge < -0.3 is 15.0 Å². The molecule has 1 N–H and O–H groups in total. The van der Waals surface area contributed by atoms with Gasteiger partial charge in [-0.1, -0.05) is 0 Å². The fraction of sp³-hybridized carbons (Fsp3) is 1.00. The molecule has 3 nitrogen and oxygen atoms in total. The minimum atomic E-state index is 0.294. The normalized spacial score (nSPS) is 26.2. The maximum Gasteiger partial charge on any atom is 0.0693 e. The first-order valence-electron chi connectivity index (χ1n) is 6.54. The number of hydrogen-bond donors (Lipinski definition) is 1. The van der Waals surface area contributed by atoms with Gasteiger partial charge in [0.2, 0.25) is 0 Å². The molecule has 0 aromatic rings. The monoisotopic (exact) mass is 228 g/mol. The van der Waals surface area contributed by atoms with Crippen LogP contribution in [0.3, 0.4) is 0 Å². The van der Waals surface area contributed by atoms with Crippen LogP contribution in [0.5, 0.6) is 0 Å². The van der Waals surface area contributed by atoms with Crippen molar-refractivity contribution in [3.8, 4) is 0 Å². The van der Waals surface area contributed by atoms with Gasteiger partial charge in [-0.25, -0.2) is 0 Å². The van der Waals surface area contributed by atoms with E-state index in [0.29, 0.717) is 18.2 Å². The van der Waals surface area contributed by atoms with Crippen LogP contribution in [0, 0.1) is 5.92 Å². The Morgan fingerprint density at radius 2 is 2.00 bits per heavy atom. The van der Waals surface area contributed by atoms with E-state index in [0.717, 1.165) is 12.5 Å². The van der Waals surface area contributed by atoms with E-state index in [9.17, 15) is 0 Å². The van der Waals surface area contributed by atoms with Gasteiger partial charge in [-0.15, -0.1) is 0 Å². The average molecular weight is 228 g/mol. The van der Waals surface area contributed by atoms with Gasteiger partial charge in [0.25, 0.3) is 0 Å². The summed E-state index contributed by atoms with van der Waals surface area (Å²) < 4.78 is 5.31. The molecule has 0 aromatic carbocycles. The lowest BCUT2D eigenvalue weighted by Gasteiger charge is -2.23. The number of ether oxygens (including phenoxy) is 1. The number of hydrogen-bond acceptors (Lipinski definition) is 3. The summed E-state index contributed by atoms with van der Waals surface area (Å²) in [6.07, 6.45) is 1.63. The molecule has 0 radical (unpaired) electrons. The van der Waals surface area contributed by atoms with Crippen LogP contribution in [0.15, 0.2) is 0 Å². The van der Waals surface area contributed by atoms with Crippen molar-refractivity contribution < 1.29 is 4.74 Å². The average Bonchev–Trinajstić information content (AvgIpc) is 2.73. The first-order chi connectivity index (χ1) is 7.54. The molecule has 1 heterocycles. The van der Waals surface area contributed by atoms with E-state index < -0.39 is 0 Å². The summed E-state index contributed by atoms with van der Waals surface area (Å²) in [5, 5.41) is 3.58. The molecule has 3 heteroatoms. The lowest BCUT2D eigenvalue weighted by molar-refractivity contribution is 0.0872. The largest absolute Gasteiger partial charge is 0.380 e. The molecule has 0 aliphatic carbocycles. The molecule has 16 heavy (non-hydrogen) atoms. The molecular weight excluding hydrogens is 200 g/mol. The van der Waals surface area contributed by atoms with E-state index in [1.807, 2.05) is 0 Å². The zero-order valence-electron chi connectivity index (χ0n) is 11.5. The fourth-order valence-corrected chi connectivity index (χ4v) is 2.22. The molecule has 0 aromatic heterocycles. The molecule has 0 bridgehead atoms. The molecule has 96 valence electrons. The van der Waals surface area contributed by atoms with Crippen LogP contribution in [0.25, 0.3) is 0 Å². The van der Waals surface area contributed by atoms with Gasteiger partial charge in [-0.2, -0.15) is 0 Å². The van der Waals surface area contributed by atoms with Crippen molar-refractivity contribution in [2.45, 2.75) is 52.3 Å². The summed E-state index contributed by atoms with van der Waals surface area (Å²) in [5.74, 6) is 0.814. The van der Waals surface area contributed by atoms with Crippen LogP contribution in [0.4, 0.5) is 0 Å². The van der Waals surface area contributed by atoms with E-state index in [-0.39, 0.29) is 0 Å². The molecule has 1 aliphatic heterocycles. The zero-order valence-corrected chi connectivity index (χ0v) is 11.5. The van der Waals surface area contributed by atoms with Gasteiger partial charge in [0.15, 0.2) is 0 Å². The Morgan fingerprint density at radius 1 is 1.31 bits per heavy atom. The van der Waals surface area contributed by atoms with Crippen molar-refractivity contribution in [3.05, 3.63) is 0 Å². The molecule has 1 saturated heterocycles. The molecule has 1 aliphatic rings. The minimum Gasteiger partial charge on any atom is -0.380 e. The number of likely N-dealkylation sites (tertiary alicyclic amines) is 1. The van der Waals surface area contributed by atoms with Gasteiger partial charge in [0, 0.05) is 25.7 Å². The summed E-state index contributed by atoms with van der Waals surface area (Å²) in [5.41, 5.74) is 0. The van der Waals surface area contributed by atoms with Crippen LogP contribution in [-0.4, -0.2) is 49.8 Å². The molecule has 3 unspecified atom stereocenters. The zero-order chi connectivity index (χ0) is 12.1. The maximum absolute atomic E-state index is 5.31. The molecule has 1 rings (SSSR count). The third kappa shape index (κ3) is 4.04. The van der Waals surface area contributed by atoms with Crippen molar-refractivity contribution in [1.82, 2.24) is 10.2 Å². The number of rotatable bonds is 6. The standard InChI is InChI=1S/C13H28N2O/c1-10(2)15-7-6-13(9-15)8-14-11(3)12(4)16-5/h10-14H,6-9H2,1-5H3. The lowest BCUT2D eigenvalue weighted by Crippen LogP contribution is -2.40. The summed E-state index contributed by atoms with van der Waals surface area (Å²) in [6, 6.07) is 1.14. The van der Waals surface area contributed by atoms with E-state index in [4.69, 9.17) is 4.74 Å². The van der Waals surface area contributed by atoms with Crippen molar-refractivity contribution >= 4 is 0 Å². The van der Waals surface area contributed by atoms with Crippen molar-refractivity contribution in [1.29, 1.82) is 0 Å². The Bertz CT molecular complexity index is 196. The van der Waals surface area contributed by atoms with Crippen molar-refractivity contribution in [3.63, 3.8) is 0 Å². The van der Waals surface area contributed by atoms with Gasteiger partial charge in [0.1, 0.15) is 0 Å². The van der Waals surface area contributed by atoms with Crippen LogP contribution in [-0.2, 0) is 4.74 Å². The van der Waals surface area contributed by atoms with Crippen molar-refractivity contribution in [2.75, 3.05) is 26.7 Å². The Kier molecular flexibility index (Phi) is 5.73. The second-order valence-electron chi connectivity index (χ2n) is 5.38. The Balaban J connectivity index is 2.20. The van der Waals surface area contributed by atoms with E-state index in [2.05, 4.69) is 37.9 Å². The molecule has 0 amide bonds. The highest BCUT2D eigenvalue weighted by Crippen LogP contribution is 2.17. The summed E-state index contributed by atoms with van der Waals surface area (Å²) in [7, 11) is 1.78. The Morgan fingerprint density at radius 3 is 2.50 bits per heavy atom. The highest BCUT2D eigenvalue weighted by Gasteiger charge is 2.24. The molecular formula is C13H28N2O. The highest BCUT2D eigenvalue weighted by atomic mass is 16.5. The fourth-order valence-electron chi connectivity index (χ4n) is 2.22. The second kappa shape index (κ2) is 6.58. The molecule has 0 saturated carbocycles. The smallest absolute Gasteiger partial charge is 0.0693 e. The van der Waals surface area contributed by atoms with E-state index in [1.165, 1.54) is 19.5 Å². The number of nitrogens with zero attached hydrogens (tertiary/aromatic N) is 1. The summed E-state index contributed by atoms with van der Waals surface area (Å²) in [6.45, 7) is 12.5. The van der Waals surface area contributed by atoms with Crippen LogP contribution < -0.4 is 5.32 Å². The lowest BCUT2D eigenvalue weighted by atomic mass is 10.1. The molecule has 1 fully saturated rings. The summed E-state index contributed by atoms with van der Waals surface area (Å²) >= 11 is 0. The van der Waals surface area contributed by atoms with E-state index >= 15 is 0 Å². The van der Waals surface area contributed by atoms with Crippen LogP contribution >= 0.6 is 0 Å². The SMILES string of the molecule is COC(C)C(C)NCC1CCN(C(C)C)C1. The quantitative estimate of drug-likeness (QED) is 0.749. The second-order valence-corrected chi connectivity index (χ2v) is 5.38. The third-order valence-electron chi connectivity index (χ3n) is 3.85. The van der Waals surface area contributed by atoms with Crippen LogP contribution in [0.1, 0.15) is 34.1 Å². The van der Waals surface area contributed by atoms with Gasteiger partial charge in [-0.3, -0.25) is 0 Å². The summed E-state index contributed by atoms with van der Waals surface area (Å²) in [4.78, 5) is 2.57. The number of methoxy groups -OCH3 is 1. The Labute approximate surface area is 101 Å². The van der Waals surface area contributed by atoms with E-state index in [1.54, 1.807) is 7.11 Å². The molecule has 3 atom stereocenters. The van der Waals surface area contributed by atoms with Gasteiger partial charge in [0.05, 0.1) is 6.10 Å².